The first-order valence-corrected chi connectivity index (χ1v) is 6.02. The van der Waals surface area contributed by atoms with E-state index in [0.29, 0.717) is 17.7 Å². The summed E-state index contributed by atoms with van der Waals surface area (Å²) in [7, 11) is 0. The van der Waals surface area contributed by atoms with Gasteiger partial charge in [-0.1, -0.05) is 12.1 Å². The third kappa shape index (κ3) is 3.37. The minimum absolute atomic E-state index is 0.292. The molecule has 0 fully saturated rings. The number of hydrogen-bond acceptors (Lipinski definition) is 2. The van der Waals surface area contributed by atoms with Gasteiger partial charge in [-0.2, -0.15) is 0 Å². The van der Waals surface area contributed by atoms with Crippen LogP contribution < -0.4 is 5.32 Å². The average molecular weight is 258 g/mol. The standard InChI is InChI=1S/C15H15FN2O/c1-10-3-6-13(7-14(10)16)15(19)18-9-12-5-4-11(2)17-8-12/h3-8H,9H2,1-2H3,(H,18,19). The molecule has 0 bridgehead atoms. The summed E-state index contributed by atoms with van der Waals surface area (Å²) < 4.78 is 13.4. The molecule has 0 aliphatic carbocycles. The van der Waals surface area contributed by atoms with Crippen molar-refractivity contribution >= 4 is 5.91 Å². The van der Waals surface area contributed by atoms with Crippen LogP contribution in [0, 0.1) is 19.7 Å². The number of amides is 1. The van der Waals surface area contributed by atoms with Crippen molar-refractivity contribution in [1.82, 2.24) is 10.3 Å². The Morgan fingerprint density at radius 2 is 2.05 bits per heavy atom. The molecule has 0 aliphatic rings. The number of aryl methyl sites for hydroxylation is 2. The molecule has 0 atom stereocenters. The summed E-state index contributed by atoms with van der Waals surface area (Å²) in [6.07, 6.45) is 1.71. The second-order valence-corrected chi connectivity index (χ2v) is 4.45. The van der Waals surface area contributed by atoms with Gasteiger partial charge in [-0.05, 0) is 43.2 Å². The maximum atomic E-state index is 13.4. The van der Waals surface area contributed by atoms with E-state index in [4.69, 9.17) is 0 Å². The Labute approximate surface area is 111 Å². The lowest BCUT2D eigenvalue weighted by Gasteiger charge is -2.06. The van der Waals surface area contributed by atoms with Gasteiger partial charge < -0.3 is 5.32 Å². The molecule has 2 aromatic rings. The number of pyridine rings is 1. The lowest BCUT2D eigenvalue weighted by Crippen LogP contribution is -2.23. The van der Waals surface area contributed by atoms with E-state index in [1.807, 2.05) is 19.1 Å². The molecule has 2 rings (SSSR count). The van der Waals surface area contributed by atoms with Crippen molar-refractivity contribution in [3.63, 3.8) is 0 Å². The van der Waals surface area contributed by atoms with Gasteiger partial charge in [0, 0.05) is 24.0 Å². The molecule has 19 heavy (non-hydrogen) atoms. The maximum absolute atomic E-state index is 13.4. The molecule has 1 amide bonds. The Hall–Kier alpha value is -2.23. The maximum Gasteiger partial charge on any atom is 0.251 e. The highest BCUT2D eigenvalue weighted by Gasteiger charge is 2.07. The Morgan fingerprint density at radius 1 is 1.26 bits per heavy atom. The fourth-order valence-electron chi connectivity index (χ4n) is 1.62. The van der Waals surface area contributed by atoms with Gasteiger partial charge in [-0.25, -0.2) is 4.39 Å². The molecule has 0 spiro atoms. The van der Waals surface area contributed by atoms with Gasteiger partial charge in [-0.15, -0.1) is 0 Å². The van der Waals surface area contributed by atoms with E-state index in [0.717, 1.165) is 11.3 Å². The van der Waals surface area contributed by atoms with Crippen LogP contribution in [0.25, 0.3) is 0 Å². The lowest BCUT2D eigenvalue weighted by molar-refractivity contribution is 0.0950. The fourth-order valence-corrected chi connectivity index (χ4v) is 1.62. The zero-order valence-corrected chi connectivity index (χ0v) is 10.9. The van der Waals surface area contributed by atoms with E-state index in [1.54, 1.807) is 25.3 Å². The number of benzene rings is 1. The Morgan fingerprint density at radius 3 is 2.68 bits per heavy atom. The van der Waals surface area contributed by atoms with Crippen molar-refractivity contribution in [3.05, 3.63) is 64.7 Å². The monoisotopic (exact) mass is 258 g/mol. The van der Waals surface area contributed by atoms with Gasteiger partial charge in [0.2, 0.25) is 0 Å². The molecule has 0 unspecified atom stereocenters. The van der Waals surface area contributed by atoms with E-state index >= 15 is 0 Å². The van der Waals surface area contributed by atoms with Gasteiger partial charge >= 0.3 is 0 Å². The number of halogens is 1. The Kier molecular flexibility index (Phi) is 3.90. The van der Waals surface area contributed by atoms with Crippen LogP contribution in [0.2, 0.25) is 0 Å². The van der Waals surface area contributed by atoms with Crippen LogP contribution in [0.3, 0.4) is 0 Å². The van der Waals surface area contributed by atoms with Gasteiger partial charge in [-0.3, -0.25) is 9.78 Å². The van der Waals surface area contributed by atoms with Crippen LogP contribution in [-0.2, 0) is 6.54 Å². The third-order valence-corrected chi connectivity index (χ3v) is 2.86. The summed E-state index contributed by atoms with van der Waals surface area (Å²) >= 11 is 0. The summed E-state index contributed by atoms with van der Waals surface area (Å²) in [6.45, 7) is 3.94. The van der Waals surface area contributed by atoms with Crippen molar-refractivity contribution < 1.29 is 9.18 Å². The third-order valence-electron chi connectivity index (χ3n) is 2.86. The van der Waals surface area contributed by atoms with Crippen molar-refractivity contribution in [2.45, 2.75) is 20.4 Å². The molecule has 0 saturated carbocycles. The number of aromatic nitrogens is 1. The second kappa shape index (κ2) is 5.61. The molecule has 3 nitrogen and oxygen atoms in total. The molecule has 1 aromatic heterocycles. The molecule has 1 aromatic carbocycles. The van der Waals surface area contributed by atoms with Crippen molar-refractivity contribution in [2.75, 3.05) is 0 Å². The van der Waals surface area contributed by atoms with E-state index in [9.17, 15) is 9.18 Å². The van der Waals surface area contributed by atoms with Gasteiger partial charge in [0.1, 0.15) is 5.82 Å². The first-order chi connectivity index (χ1) is 9.06. The zero-order valence-electron chi connectivity index (χ0n) is 10.9. The number of carbonyl (C=O) groups is 1. The number of nitrogens with one attached hydrogen (secondary N) is 1. The second-order valence-electron chi connectivity index (χ2n) is 4.45. The summed E-state index contributed by atoms with van der Waals surface area (Å²) in [5.41, 5.74) is 2.68. The first kappa shape index (κ1) is 13.2. The number of hydrogen-bond donors (Lipinski definition) is 1. The molecule has 98 valence electrons. The van der Waals surface area contributed by atoms with E-state index in [2.05, 4.69) is 10.3 Å². The number of rotatable bonds is 3. The first-order valence-electron chi connectivity index (χ1n) is 6.02. The predicted molar refractivity (Wildman–Crippen MR) is 71.3 cm³/mol. The van der Waals surface area contributed by atoms with E-state index < -0.39 is 0 Å². The number of nitrogens with zero attached hydrogens (tertiary/aromatic N) is 1. The molecular formula is C15H15FN2O. The van der Waals surface area contributed by atoms with Crippen molar-refractivity contribution in [2.24, 2.45) is 0 Å². The van der Waals surface area contributed by atoms with Gasteiger partial charge in [0.05, 0.1) is 0 Å². The number of carbonyl (C=O) groups excluding carboxylic acids is 1. The van der Waals surface area contributed by atoms with E-state index in [1.165, 1.54) is 6.07 Å². The highest BCUT2D eigenvalue weighted by molar-refractivity contribution is 5.94. The Balaban J connectivity index is 2.01. The minimum Gasteiger partial charge on any atom is -0.348 e. The topological polar surface area (TPSA) is 42.0 Å². The molecule has 1 heterocycles. The molecule has 4 heteroatoms. The molecular weight excluding hydrogens is 243 g/mol. The SMILES string of the molecule is Cc1ccc(CNC(=O)c2ccc(C)c(F)c2)cn1. The van der Waals surface area contributed by atoms with Crippen LogP contribution in [-0.4, -0.2) is 10.9 Å². The molecule has 0 radical (unpaired) electrons. The fraction of sp³-hybridized carbons (Fsp3) is 0.200. The van der Waals surface area contributed by atoms with Crippen LogP contribution in [0.1, 0.15) is 27.2 Å². The van der Waals surface area contributed by atoms with Crippen LogP contribution >= 0.6 is 0 Å². The quantitative estimate of drug-likeness (QED) is 0.919. The highest BCUT2D eigenvalue weighted by atomic mass is 19.1. The lowest BCUT2D eigenvalue weighted by atomic mass is 10.1. The summed E-state index contributed by atoms with van der Waals surface area (Å²) in [6, 6.07) is 8.24. The van der Waals surface area contributed by atoms with Crippen molar-refractivity contribution in [3.8, 4) is 0 Å². The summed E-state index contributed by atoms with van der Waals surface area (Å²) in [4.78, 5) is 16.0. The van der Waals surface area contributed by atoms with Crippen LogP contribution in [0.5, 0.6) is 0 Å². The highest BCUT2D eigenvalue weighted by Crippen LogP contribution is 2.09. The predicted octanol–water partition coefficient (Wildman–Crippen LogP) is 2.77. The largest absolute Gasteiger partial charge is 0.348 e. The minimum atomic E-state index is -0.371. The van der Waals surface area contributed by atoms with Gasteiger partial charge in [0.15, 0.2) is 0 Å². The normalized spacial score (nSPS) is 10.3. The molecule has 1 N–H and O–H groups in total. The average Bonchev–Trinajstić information content (AvgIpc) is 2.41. The smallest absolute Gasteiger partial charge is 0.251 e. The van der Waals surface area contributed by atoms with Gasteiger partial charge in [0.25, 0.3) is 5.91 Å². The Bertz CT molecular complexity index is 594. The van der Waals surface area contributed by atoms with Crippen molar-refractivity contribution in [1.29, 1.82) is 0 Å². The van der Waals surface area contributed by atoms with E-state index in [-0.39, 0.29) is 11.7 Å². The van der Waals surface area contributed by atoms with Crippen LogP contribution in [0.4, 0.5) is 4.39 Å². The van der Waals surface area contributed by atoms with Crippen LogP contribution in [0.15, 0.2) is 36.5 Å². The molecule has 0 aliphatic heterocycles. The summed E-state index contributed by atoms with van der Waals surface area (Å²) in [5.74, 6) is -0.663. The zero-order chi connectivity index (χ0) is 13.8. The molecule has 0 saturated heterocycles. The summed E-state index contributed by atoms with van der Waals surface area (Å²) in [5, 5.41) is 2.74.